The number of nitriles is 1. The van der Waals surface area contributed by atoms with Gasteiger partial charge in [-0.3, -0.25) is 14.9 Å². The Morgan fingerprint density at radius 3 is 2.60 bits per heavy atom. The number of amides is 1. The summed E-state index contributed by atoms with van der Waals surface area (Å²) in [4.78, 5) is 22.6. The lowest BCUT2D eigenvalue weighted by atomic mass is 10.1. The van der Waals surface area contributed by atoms with Gasteiger partial charge in [0.25, 0.3) is 11.6 Å². The van der Waals surface area contributed by atoms with Gasteiger partial charge in [0.1, 0.15) is 17.3 Å². The van der Waals surface area contributed by atoms with Crippen LogP contribution in [0.2, 0.25) is 0 Å². The van der Waals surface area contributed by atoms with Crippen molar-refractivity contribution >= 4 is 23.0 Å². The molecule has 0 saturated heterocycles. The van der Waals surface area contributed by atoms with Gasteiger partial charge in [0, 0.05) is 18.0 Å². The molecule has 7 nitrogen and oxygen atoms in total. The van der Waals surface area contributed by atoms with E-state index in [4.69, 9.17) is 0 Å². The third-order valence-corrected chi connectivity index (χ3v) is 3.48. The number of nitrogens with zero attached hydrogens (tertiary/aromatic N) is 2. The molecule has 126 valence electrons. The zero-order valence-corrected chi connectivity index (χ0v) is 13.7. The molecule has 0 fully saturated rings. The van der Waals surface area contributed by atoms with E-state index in [1.807, 2.05) is 32.0 Å². The Balaban J connectivity index is 2.20. The van der Waals surface area contributed by atoms with E-state index in [0.29, 0.717) is 0 Å². The Bertz CT molecular complexity index is 897. The number of benzene rings is 2. The van der Waals surface area contributed by atoms with Crippen molar-refractivity contribution in [3.05, 3.63) is 75.5 Å². The fourth-order valence-corrected chi connectivity index (χ4v) is 2.12. The van der Waals surface area contributed by atoms with Crippen LogP contribution in [0.5, 0.6) is 0 Å². The molecule has 2 rings (SSSR count). The van der Waals surface area contributed by atoms with E-state index in [0.717, 1.165) is 16.8 Å². The highest BCUT2D eigenvalue weighted by Crippen LogP contribution is 2.23. The van der Waals surface area contributed by atoms with E-state index >= 15 is 0 Å². The van der Waals surface area contributed by atoms with Crippen molar-refractivity contribution in [2.45, 2.75) is 13.8 Å². The largest absolute Gasteiger partial charge is 0.360 e. The van der Waals surface area contributed by atoms with Crippen LogP contribution < -0.4 is 10.6 Å². The molecule has 7 heteroatoms. The summed E-state index contributed by atoms with van der Waals surface area (Å²) in [5.41, 5.74) is 2.36. The van der Waals surface area contributed by atoms with E-state index in [1.165, 1.54) is 24.4 Å². The first kappa shape index (κ1) is 17.7. The van der Waals surface area contributed by atoms with Crippen molar-refractivity contribution in [1.29, 1.82) is 5.26 Å². The number of carbonyl (C=O) groups excluding carboxylic acids is 1. The Morgan fingerprint density at radius 2 is 1.92 bits per heavy atom. The van der Waals surface area contributed by atoms with E-state index in [-0.39, 0.29) is 16.9 Å². The van der Waals surface area contributed by atoms with E-state index in [9.17, 15) is 20.2 Å². The summed E-state index contributed by atoms with van der Waals surface area (Å²) in [7, 11) is 0. The lowest BCUT2D eigenvalue weighted by molar-refractivity contribution is -0.383. The molecule has 0 aliphatic rings. The first-order chi connectivity index (χ1) is 11.9. The van der Waals surface area contributed by atoms with Crippen molar-refractivity contribution in [3.8, 4) is 6.07 Å². The van der Waals surface area contributed by atoms with Crippen LogP contribution in [-0.4, -0.2) is 10.8 Å². The van der Waals surface area contributed by atoms with E-state index in [1.54, 1.807) is 12.1 Å². The Labute approximate surface area is 144 Å². The lowest BCUT2D eigenvalue weighted by Gasteiger charge is -2.08. The third-order valence-electron chi connectivity index (χ3n) is 3.48. The number of hydrogen-bond donors (Lipinski definition) is 2. The molecule has 0 saturated carbocycles. The topological polar surface area (TPSA) is 108 Å². The molecule has 0 aliphatic carbocycles. The fraction of sp³-hybridized carbons (Fsp3) is 0.111. The van der Waals surface area contributed by atoms with Crippen LogP contribution in [0.3, 0.4) is 0 Å². The van der Waals surface area contributed by atoms with Gasteiger partial charge < -0.3 is 10.6 Å². The summed E-state index contributed by atoms with van der Waals surface area (Å²) < 4.78 is 0. The number of aryl methyl sites for hydroxylation is 2. The second kappa shape index (κ2) is 7.75. The van der Waals surface area contributed by atoms with Crippen molar-refractivity contribution < 1.29 is 9.72 Å². The highest BCUT2D eigenvalue weighted by atomic mass is 16.6. The number of para-hydroxylation sites is 2. The average molecular weight is 336 g/mol. The molecule has 0 atom stereocenters. The summed E-state index contributed by atoms with van der Waals surface area (Å²) >= 11 is 0. The molecule has 0 aromatic heterocycles. The van der Waals surface area contributed by atoms with Crippen LogP contribution in [0.1, 0.15) is 11.1 Å². The third kappa shape index (κ3) is 4.42. The standard InChI is InChI=1S/C18H16N4O3/c1-12-7-8-13(2)16(9-12)20-11-14(10-19)18(23)21-15-5-3-4-6-17(15)22(24)25/h3-9,11,20H,1-2H3,(H,21,23)/b14-11-. The van der Waals surface area contributed by atoms with Gasteiger partial charge in [0.15, 0.2) is 0 Å². The molecule has 25 heavy (non-hydrogen) atoms. The zero-order chi connectivity index (χ0) is 18.4. The highest BCUT2D eigenvalue weighted by molar-refractivity contribution is 6.07. The first-order valence-corrected chi connectivity index (χ1v) is 7.41. The summed E-state index contributed by atoms with van der Waals surface area (Å²) in [5.74, 6) is -0.727. The second-order valence-electron chi connectivity index (χ2n) is 5.36. The van der Waals surface area contributed by atoms with Gasteiger partial charge >= 0.3 is 0 Å². The maximum Gasteiger partial charge on any atom is 0.292 e. The summed E-state index contributed by atoms with van der Waals surface area (Å²) in [6.07, 6.45) is 1.28. The Hall–Kier alpha value is -3.66. The van der Waals surface area contributed by atoms with Crippen molar-refractivity contribution in [1.82, 2.24) is 0 Å². The zero-order valence-electron chi connectivity index (χ0n) is 13.7. The van der Waals surface area contributed by atoms with Crippen molar-refractivity contribution in [3.63, 3.8) is 0 Å². The van der Waals surface area contributed by atoms with Crippen LogP contribution in [0.4, 0.5) is 17.1 Å². The number of rotatable bonds is 5. The van der Waals surface area contributed by atoms with Crippen LogP contribution >= 0.6 is 0 Å². The van der Waals surface area contributed by atoms with Crippen molar-refractivity contribution in [2.75, 3.05) is 10.6 Å². The van der Waals surface area contributed by atoms with Crippen LogP contribution in [0.15, 0.2) is 54.2 Å². The Morgan fingerprint density at radius 1 is 1.20 bits per heavy atom. The average Bonchev–Trinajstić information content (AvgIpc) is 2.58. The van der Waals surface area contributed by atoms with Gasteiger partial charge in [-0.05, 0) is 37.1 Å². The van der Waals surface area contributed by atoms with E-state index < -0.39 is 10.8 Å². The predicted octanol–water partition coefficient (Wildman–Crippen LogP) is 3.67. The number of anilines is 2. The smallest absolute Gasteiger partial charge is 0.292 e. The minimum Gasteiger partial charge on any atom is -0.360 e. The lowest BCUT2D eigenvalue weighted by Crippen LogP contribution is -2.15. The molecule has 0 bridgehead atoms. The van der Waals surface area contributed by atoms with Crippen LogP contribution in [0, 0.1) is 35.3 Å². The molecule has 0 spiro atoms. The van der Waals surface area contributed by atoms with Gasteiger partial charge in [-0.1, -0.05) is 24.3 Å². The van der Waals surface area contributed by atoms with Gasteiger partial charge in [-0.15, -0.1) is 0 Å². The Kier molecular flexibility index (Phi) is 5.48. The maximum atomic E-state index is 12.2. The molecule has 0 heterocycles. The molecule has 2 aromatic rings. The van der Waals surface area contributed by atoms with Gasteiger partial charge in [0.2, 0.25) is 0 Å². The molecule has 0 aliphatic heterocycles. The highest BCUT2D eigenvalue weighted by Gasteiger charge is 2.17. The SMILES string of the molecule is Cc1ccc(C)c(N/C=C(/C#N)C(=O)Nc2ccccc2[N+](=O)[O-])c1. The predicted molar refractivity (Wildman–Crippen MR) is 95.0 cm³/mol. The second-order valence-corrected chi connectivity index (χ2v) is 5.36. The monoisotopic (exact) mass is 336 g/mol. The molecule has 2 N–H and O–H groups in total. The summed E-state index contributed by atoms with van der Waals surface area (Å²) in [6, 6.07) is 13.3. The van der Waals surface area contributed by atoms with Gasteiger partial charge in [-0.25, -0.2) is 0 Å². The number of hydrogen-bond acceptors (Lipinski definition) is 5. The minimum atomic E-state index is -0.727. The molecule has 1 amide bonds. The molecular formula is C18H16N4O3. The number of carbonyl (C=O) groups is 1. The molecule has 0 unspecified atom stereocenters. The van der Waals surface area contributed by atoms with Crippen LogP contribution in [-0.2, 0) is 4.79 Å². The molecule has 2 aromatic carbocycles. The molecular weight excluding hydrogens is 320 g/mol. The molecule has 0 radical (unpaired) electrons. The number of nitrogens with one attached hydrogen (secondary N) is 2. The van der Waals surface area contributed by atoms with Gasteiger partial charge in [0.05, 0.1) is 4.92 Å². The first-order valence-electron chi connectivity index (χ1n) is 7.41. The summed E-state index contributed by atoms with van der Waals surface area (Å²) in [5, 5.41) is 25.5. The number of nitro groups is 1. The fourth-order valence-electron chi connectivity index (χ4n) is 2.12. The van der Waals surface area contributed by atoms with Crippen molar-refractivity contribution in [2.24, 2.45) is 0 Å². The quantitative estimate of drug-likeness (QED) is 0.375. The normalized spacial score (nSPS) is 10.7. The summed E-state index contributed by atoms with van der Waals surface area (Å²) in [6.45, 7) is 3.83. The van der Waals surface area contributed by atoms with Crippen LogP contribution in [0.25, 0.3) is 0 Å². The maximum absolute atomic E-state index is 12.2. The number of nitro benzene ring substituents is 1. The van der Waals surface area contributed by atoms with Gasteiger partial charge in [-0.2, -0.15) is 5.26 Å². The minimum absolute atomic E-state index is 0.0328. The van der Waals surface area contributed by atoms with E-state index in [2.05, 4.69) is 10.6 Å².